The Morgan fingerprint density at radius 3 is 2.10 bits per heavy atom. The molecule has 0 radical (unpaired) electrons. The summed E-state index contributed by atoms with van der Waals surface area (Å²) in [6.45, 7) is 10.2. The quantitative estimate of drug-likeness (QED) is 0.672. The first-order valence-electron chi connectivity index (χ1n) is 10.1. The van der Waals surface area contributed by atoms with Gasteiger partial charge in [-0.3, -0.25) is 9.59 Å². The van der Waals surface area contributed by atoms with Crippen molar-refractivity contribution in [2.75, 3.05) is 0 Å². The first-order valence-corrected chi connectivity index (χ1v) is 10.5. The Morgan fingerprint density at radius 2 is 1.59 bits per heavy atom. The van der Waals surface area contributed by atoms with E-state index in [9.17, 15) is 9.59 Å². The van der Waals surface area contributed by atoms with Crippen molar-refractivity contribution < 1.29 is 9.59 Å². The highest BCUT2D eigenvalue weighted by Crippen LogP contribution is 2.18. The molecule has 2 amide bonds. The molecule has 1 N–H and O–H groups in total. The van der Waals surface area contributed by atoms with Crippen LogP contribution < -0.4 is 5.32 Å². The van der Waals surface area contributed by atoms with E-state index in [-0.39, 0.29) is 24.3 Å². The van der Waals surface area contributed by atoms with Gasteiger partial charge in [0.2, 0.25) is 11.8 Å². The Hall–Kier alpha value is -2.33. The molecule has 156 valence electrons. The third kappa shape index (κ3) is 6.90. The number of carbonyl (C=O) groups is 2. The summed E-state index contributed by atoms with van der Waals surface area (Å²) in [6, 6.07) is 13.0. The van der Waals surface area contributed by atoms with Gasteiger partial charge in [-0.25, -0.2) is 0 Å². The second-order valence-electron chi connectivity index (χ2n) is 7.91. The van der Waals surface area contributed by atoms with Gasteiger partial charge < -0.3 is 10.2 Å². The summed E-state index contributed by atoms with van der Waals surface area (Å²) in [5, 5.41) is 3.60. The fourth-order valence-corrected chi connectivity index (χ4v) is 3.66. The van der Waals surface area contributed by atoms with Gasteiger partial charge in [-0.2, -0.15) is 0 Å². The number of hydrogen-bond donors (Lipinski definition) is 1. The van der Waals surface area contributed by atoms with Gasteiger partial charge in [-0.05, 0) is 57.4 Å². The van der Waals surface area contributed by atoms with Gasteiger partial charge in [-0.1, -0.05) is 60.0 Å². The van der Waals surface area contributed by atoms with Crippen LogP contribution >= 0.6 is 11.6 Å². The minimum Gasteiger partial charge on any atom is -0.352 e. The third-order valence-corrected chi connectivity index (χ3v) is 4.97. The molecule has 4 nitrogen and oxygen atoms in total. The first-order chi connectivity index (χ1) is 13.7. The van der Waals surface area contributed by atoms with Crippen LogP contribution in [0, 0.1) is 13.8 Å². The van der Waals surface area contributed by atoms with Crippen LogP contribution in [0.15, 0.2) is 42.5 Å². The predicted octanol–water partition coefficient (Wildman–Crippen LogP) is 4.83. The molecule has 0 aliphatic rings. The fourth-order valence-electron chi connectivity index (χ4n) is 3.53. The maximum atomic E-state index is 13.3. The normalized spacial score (nSPS) is 12.0. The Bertz CT molecular complexity index is 826. The number of amides is 2. The van der Waals surface area contributed by atoms with E-state index in [0.29, 0.717) is 18.0 Å². The molecule has 0 unspecified atom stereocenters. The molecular weight excluding hydrogens is 384 g/mol. The Kier molecular flexibility index (Phi) is 8.27. The lowest BCUT2D eigenvalue weighted by Gasteiger charge is -2.31. The molecule has 5 heteroatoms. The highest BCUT2D eigenvalue weighted by molar-refractivity contribution is 6.30. The number of aryl methyl sites for hydroxylation is 2. The fraction of sp³-hybridized carbons (Fsp3) is 0.417. The average Bonchev–Trinajstić information content (AvgIpc) is 2.61. The second kappa shape index (κ2) is 10.4. The van der Waals surface area contributed by atoms with Crippen LogP contribution in [0.5, 0.6) is 0 Å². The van der Waals surface area contributed by atoms with Gasteiger partial charge in [0.1, 0.15) is 6.04 Å². The van der Waals surface area contributed by atoms with E-state index in [1.54, 1.807) is 17.0 Å². The Balaban J connectivity index is 2.31. The molecule has 0 saturated heterocycles. The van der Waals surface area contributed by atoms with Crippen LogP contribution in [0.2, 0.25) is 5.02 Å². The molecule has 1 atom stereocenters. The van der Waals surface area contributed by atoms with Gasteiger partial charge in [0.25, 0.3) is 0 Å². The lowest BCUT2D eigenvalue weighted by atomic mass is 10.0. The maximum Gasteiger partial charge on any atom is 0.243 e. The van der Waals surface area contributed by atoms with E-state index < -0.39 is 6.04 Å². The highest BCUT2D eigenvalue weighted by atomic mass is 35.5. The molecule has 2 rings (SSSR count). The molecule has 29 heavy (non-hydrogen) atoms. The van der Waals surface area contributed by atoms with Crippen molar-refractivity contribution >= 4 is 23.4 Å². The zero-order valence-corrected chi connectivity index (χ0v) is 18.7. The minimum atomic E-state index is -0.522. The van der Waals surface area contributed by atoms with Crippen molar-refractivity contribution in [2.24, 2.45) is 0 Å². The standard InChI is InChI=1S/C24H31ClN2O2/c1-6-22(24(29)26-16(2)3)27(15-19-7-9-21(25)10-8-19)23(28)14-20-12-17(4)11-18(5)13-20/h7-13,16,22H,6,14-15H2,1-5H3,(H,26,29)/t22-/m1/s1. The zero-order valence-electron chi connectivity index (χ0n) is 18.0. The molecule has 0 aliphatic heterocycles. The van der Waals surface area contributed by atoms with Crippen molar-refractivity contribution in [1.29, 1.82) is 0 Å². The van der Waals surface area contributed by atoms with Crippen molar-refractivity contribution in [2.45, 2.75) is 66.1 Å². The largest absolute Gasteiger partial charge is 0.352 e. The molecule has 0 fully saturated rings. The summed E-state index contributed by atoms with van der Waals surface area (Å²) in [4.78, 5) is 27.8. The van der Waals surface area contributed by atoms with Gasteiger partial charge in [-0.15, -0.1) is 0 Å². The predicted molar refractivity (Wildman–Crippen MR) is 119 cm³/mol. The number of benzene rings is 2. The van der Waals surface area contributed by atoms with Gasteiger partial charge >= 0.3 is 0 Å². The highest BCUT2D eigenvalue weighted by Gasteiger charge is 2.29. The molecule has 2 aromatic carbocycles. The lowest BCUT2D eigenvalue weighted by Crippen LogP contribution is -2.50. The Morgan fingerprint density at radius 1 is 1.00 bits per heavy atom. The van der Waals surface area contributed by atoms with Crippen LogP contribution in [-0.4, -0.2) is 28.8 Å². The molecule has 0 bridgehead atoms. The third-order valence-electron chi connectivity index (χ3n) is 4.72. The average molecular weight is 415 g/mol. The smallest absolute Gasteiger partial charge is 0.243 e. The van der Waals surface area contributed by atoms with E-state index >= 15 is 0 Å². The van der Waals surface area contributed by atoms with Crippen LogP contribution in [0.1, 0.15) is 49.4 Å². The van der Waals surface area contributed by atoms with E-state index in [1.807, 2.05) is 58.9 Å². The number of hydrogen-bond acceptors (Lipinski definition) is 2. The van der Waals surface area contributed by atoms with Gasteiger partial charge in [0, 0.05) is 17.6 Å². The summed E-state index contributed by atoms with van der Waals surface area (Å²) >= 11 is 6.00. The summed E-state index contributed by atoms with van der Waals surface area (Å²) in [5.74, 6) is -0.180. The first kappa shape index (κ1) is 23.0. The monoisotopic (exact) mass is 414 g/mol. The number of nitrogens with one attached hydrogen (secondary N) is 1. The van der Waals surface area contributed by atoms with Crippen molar-refractivity contribution in [3.05, 3.63) is 69.7 Å². The van der Waals surface area contributed by atoms with E-state index in [4.69, 9.17) is 11.6 Å². The molecule has 2 aromatic rings. The second-order valence-corrected chi connectivity index (χ2v) is 8.34. The number of carbonyl (C=O) groups excluding carboxylic acids is 2. The van der Waals surface area contributed by atoms with Crippen molar-refractivity contribution in [3.8, 4) is 0 Å². The lowest BCUT2D eigenvalue weighted by molar-refractivity contribution is -0.141. The van der Waals surface area contributed by atoms with E-state index in [1.165, 1.54) is 0 Å². The summed E-state index contributed by atoms with van der Waals surface area (Å²) < 4.78 is 0. The molecular formula is C24H31ClN2O2. The van der Waals surface area contributed by atoms with Crippen LogP contribution in [-0.2, 0) is 22.6 Å². The number of nitrogens with zero attached hydrogens (tertiary/aromatic N) is 1. The number of halogens is 1. The summed E-state index contributed by atoms with van der Waals surface area (Å²) in [5.41, 5.74) is 4.16. The topological polar surface area (TPSA) is 49.4 Å². The molecule has 0 spiro atoms. The zero-order chi connectivity index (χ0) is 21.6. The van der Waals surface area contributed by atoms with E-state index in [0.717, 1.165) is 22.3 Å². The van der Waals surface area contributed by atoms with Crippen LogP contribution in [0.3, 0.4) is 0 Å². The number of rotatable bonds is 8. The van der Waals surface area contributed by atoms with Crippen molar-refractivity contribution in [3.63, 3.8) is 0 Å². The molecule has 0 aromatic heterocycles. The molecule has 0 heterocycles. The Labute approximate surface area is 179 Å². The van der Waals surface area contributed by atoms with Crippen molar-refractivity contribution in [1.82, 2.24) is 10.2 Å². The van der Waals surface area contributed by atoms with E-state index in [2.05, 4.69) is 11.4 Å². The SMILES string of the molecule is CC[C@H](C(=O)NC(C)C)N(Cc1ccc(Cl)cc1)C(=O)Cc1cc(C)cc(C)c1. The van der Waals surface area contributed by atoms with Gasteiger partial charge in [0.15, 0.2) is 0 Å². The molecule has 0 saturated carbocycles. The molecule has 0 aliphatic carbocycles. The summed E-state index contributed by atoms with van der Waals surface area (Å²) in [6.07, 6.45) is 0.812. The minimum absolute atomic E-state index is 0.0171. The summed E-state index contributed by atoms with van der Waals surface area (Å²) in [7, 11) is 0. The van der Waals surface area contributed by atoms with Gasteiger partial charge in [0.05, 0.1) is 6.42 Å². The maximum absolute atomic E-state index is 13.3. The van der Waals surface area contributed by atoms with Crippen LogP contribution in [0.4, 0.5) is 0 Å². The van der Waals surface area contributed by atoms with Crippen LogP contribution in [0.25, 0.3) is 0 Å².